The molecule has 0 atom stereocenters. The molecule has 0 bridgehead atoms. The molecule has 3 N–H and O–H groups in total. The molecule has 0 unspecified atom stereocenters. The largest absolute Gasteiger partial charge is 0.507 e. The van der Waals surface area contributed by atoms with E-state index in [1.54, 1.807) is 33.4 Å². The van der Waals surface area contributed by atoms with Crippen molar-refractivity contribution in [1.29, 1.82) is 0 Å². The van der Waals surface area contributed by atoms with E-state index in [9.17, 15) is 23.8 Å². The molecule has 2 aliphatic rings. The fourth-order valence-corrected chi connectivity index (χ4v) is 8.03. The Balaban J connectivity index is 0.000000408. The lowest BCUT2D eigenvalue weighted by Crippen LogP contribution is -2.23. The number of hydrogen-bond donors (Lipinski definition) is 3. The molecule has 0 spiro atoms. The number of esters is 2. The van der Waals surface area contributed by atoms with Crippen LogP contribution in [0.4, 0.5) is 0 Å². The van der Waals surface area contributed by atoms with E-state index in [-0.39, 0.29) is 57.3 Å². The van der Waals surface area contributed by atoms with Gasteiger partial charge in [-0.05, 0) is 81.2 Å². The molecule has 0 fully saturated rings. The van der Waals surface area contributed by atoms with Gasteiger partial charge in [0.2, 0.25) is 0 Å². The lowest BCUT2D eigenvalue weighted by Gasteiger charge is -2.21. The monoisotopic (exact) mass is 884 g/mol. The van der Waals surface area contributed by atoms with Crippen LogP contribution in [0.1, 0.15) is 88.2 Å². The number of cyclic esters (lactones) is 2. The number of ether oxygens (including phenoxy) is 7. The van der Waals surface area contributed by atoms with Gasteiger partial charge in [-0.15, -0.1) is 0 Å². The van der Waals surface area contributed by atoms with Crippen LogP contribution in [0.5, 0.6) is 23.0 Å². The van der Waals surface area contributed by atoms with Gasteiger partial charge in [0.15, 0.2) is 0 Å². The summed E-state index contributed by atoms with van der Waals surface area (Å²) in [5, 5.41) is 10.5. The molecule has 2 aromatic carbocycles. The molecule has 2 heterocycles. The zero-order valence-corrected chi connectivity index (χ0v) is 38.7. The van der Waals surface area contributed by atoms with Crippen molar-refractivity contribution < 1.29 is 66.8 Å². The van der Waals surface area contributed by atoms with Crippen molar-refractivity contribution in [2.45, 2.75) is 99.7 Å². The summed E-state index contributed by atoms with van der Waals surface area (Å²) in [7, 11) is -4.59. The zero-order chi connectivity index (χ0) is 43.6. The molecular formula is C42H66O14P2Si. The van der Waals surface area contributed by atoms with Crippen LogP contribution >= 0.6 is 14.7 Å². The molecule has 59 heavy (non-hydrogen) atoms. The van der Waals surface area contributed by atoms with Gasteiger partial charge in [0.25, 0.3) is 0 Å². The molecule has 0 amide bonds. The van der Waals surface area contributed by atoms with Crippen molar-refractivity contribution in [1.82, 2.24) is 0 Å². The molecule has 332 valence electrons. The van der Waals surface area contributed by atoms with Crippen molar-refractivity contribution in [3.63, 3.8) is 0 Å². The van der Waals surface area contributed by atoms with Gasteiger partial charge in [-0.25, -0.2) is 9.59 Å². The number of carbonyl (C=O) groups excluding carboxylic acids is 2. The first-order chi connectivity index (χ1) is 27.1. The SMILES string of the molecule is C.CC/C(=C\Cc1c(O)c2c(c(C)c1OC)COC2=O)COCP(=O)(O)O.CC/C(=C\Cc1c(OC)c(C)c2c(c1OCC[Si](C)(C)C)C(=O)OC2)COCP(C)(C)=O. The summed E-state index contributed by atoms with van der Waals surface area (Å²) in [6.07, 6.45) is 5.77. The Kier molecular flexibility index (Phi) is 19.7. The highest BCUT2D eigenvalue weighted by molar-refractivity contribution is 7.62. The third kappa shape index (κ3) is 14.6. The topological polar surface area (TPSA) is 194 Å². The number of carbonyl (C=O) groups is 2. The van der Waals surface area contributed by atoms with Gasteiger partial charge in [-0.3, -0.25) is 4.57 Å². The molecule has 4 rings (SSSR count). The van der Waals surface area contributed by atoms with E-state index in [0.29, 0.717) is 54.2 Å². The Labute approximate surface area is 351 Å². The highest BCUT2D eigenvalue weighted by Gasteiger charge is 2.34. The molecule has 0 radical (unpaired) electrons. The van der Waals surface area contributed by atoms with Crippen LogP contribution in [0.2, 0.25) is 25.7 Å². The number of rotatable bonds is 20. The van der Waals surface area contributed by atoms with E-state index in [0.717, 1.165) is 51.6 Å². The van der Waals surface area contributed by atoms with Crippen molar-refractivity contribution in [3.8, 4) is 23.0 Å². The Bertz CT molecular complexity index is 1970. The first kappa shape index (κ1) is 51.7. The Morgan fingerprint density at radius 2 is 1.22 bits per heavy atom. The number of methoxy groups -OCH3 is 2. The van der Waals surface area contributed by atoms with Gasteiger partial charge in [-0.2, -0.15) is 0 Å². The second-order valence-electron chi connectivity index (χ2n) is 16.0. The minimum atomic E-state index is -4.21. The number of hydrogen-bond acceptors (Lipinski definition) is 12. The van der Waals surface area contributed by atoms with Gasteiger partial charge >= 0.3 is 19.5 Å². The smallest absolute Gasteiger partial charge is 0.350 e. The minimum absolute atomic E-state index is 0. The minimum Gasteiger partial charge on any atom is -0.507 e. The number of phenols is 1. The average Bonchev–Trinajstić information content (AvgIpc) is 3.72. The van der Waals surface area contributed by atoms with Gasteiger partial charge in [0.1, 0.15) is 60.8 Å². The van der Waals surface area contributed by atoms with Crippen molar-refractivity contribution in [3.05, 3.63) is 67.8 Å². The van der Waals surface area contributed by atoms with Crippen LogP contribution in [0, 0.1) is 13.8 Å². The van der Waals surface area contributed by atoms with Crippen LogP contribution in [0.25, 0.3) is 0 Å². The van der Waals surface area contributed by atoms with E-state index < -0.39 is 35.1 Å². The number of aromatic hydroxyl groups is 1. The van der Waals surface area contributed by atoms with Crippen LogP contribution in [-0.2, 0) is 54.1 Å². The summed E-state index contributed by atoms with van der Waals surface area (Å²) in [4.78, 5) is 42.1. The third-order valence-electron chi connectivity index (χ3n) is 9.71. The fourth-order valence-electron chi connectivity index (χ4n) is 6.45. The first-order valence-electron chi connectivity index (χ1n) is 19.3. The molecule has 2 aliphatic heterocycles. The van der Waals surface area contributed by atoms with Crippen molar-refractivity contribution >= 4 is 34.8 Å². The normalized spacial score (nSPS) is 14.1. The molecular weight excluding hydrogens is 818 g/mol. The van der Waals surface area contributed by atoms with E-state index in [1.165, 1.54) is 7.11 Å². The third-order valence-corrected chi connectivity index (χ3v) is 12.7. The van der Waals surface area contributed by atoms with Crippen LogP contribution in [-0.4, -0.2) is 95.0 Å². The molecule has 0 saturated carbocycles. The van der Waals surface area contributed by atoms with Gasteiger partial charge < -0.3 is 52.6 Å². The Morgan fingerprint density at radius 3 is 1.68 bits per heavy atom. The predicted octanol–water partition coefficient (Wildman–Crippen LogP) is 8.91. The van der Waals surface area contributed by atoms with Crippen molar-refractivity contribution in [2.24, 2.45) is 0 Å². The Morgan fingerprint density at radius 1 is 0.763 bits per heavy atom. The number of allylic oxidation sites excluding steroid dienone is 2. The molecule has 14 nitrogen and oxygen atoms in total. The average molecular weight is 885 g/mol. The number of benzene rings is 2. The van der Waals surface area contributed by atoms with Crippen LogP contribution in [0.3, 0.4) is 0 Å². The summed E-state index contributed by atoms with van der Waals surface area (Å²) >= 11 is 0. The van der Waals surface area contributed by atoms with E-state index >= 15 is 0 Å². The number of phenolic OH excluding ortho intramolecular Hbond substituents is 1. The molecule has 17 heteroatoms. The summed E-state index contributed by atoms with van der Waals surface area (Å²) in [5.41, 5.74) is 7.07. The Hall–Kier alpha value is -3.42. The highest BCUT2D eigenvalue weighted by atomic mass is 31.2. The molecule has 0 aliphatic carbocycles. The fraction of sp³-hybridized carbons (Fsp3) is 0.571. The van der Waals surface area contributed by atoms with Gasteiger partial charge in [0, 0.05) is 30.3 Å². The van der Waals surface area contributed by atoms with Crippen molar-refractivity contribution in [2.75, 3.05) is 60.1 Å². The van der Waals surface area contributed by atoms with E-state index in [1.807, 2.05) is 13.8 Å². The van der Waals surface area contributed by atoms with Gasteiger partial charge in [-0.1, -0.05) is 53.1 Å². The maximum atomic E-state index is 12.6. The number of fused-ring (bicyclic) bond motifs is 2. The maximum absolute atomic E-state index is 12.6. The van der Waals surface area contributed by atoms with Gasteiger partial charge in [0.05, 0.1) is 40.4 Å². The standard InChI is InChI=1S/C24H39O6PSi.C17H23O8P.CH4/c1-9-18(14-28-16-31(4,5)26)10-11-19-22(27-3)17(2)20-15-30-24(25)21(20)23(19)29-12-13-32(6,7)8;1-4-11(7-24-9-26(20,21)22)5-6-12-15(18)14-13(8-25-17(14)19)10(2)16(12)23-3;/h10H,9,11-16H2,1-8H3;5,18H,4,6-9H2,1-3H3,(H2,20,21,22);1H4/b18-10+;11-5+;. The summed E-state index contributed by atoms with van der Waals surface area (Å²) in [5.74, 6) is 0.760. The molecule has 0 saturated heterocycles. The van der Waals surface area contributed by atoms with E-state index in [2.05, 4.69) is 32.6 Å². The zero-order valence-electron chi connectivity index (χ0n) is 35.9. The first-order valence-corrected chi connectivity index (χ1v) is 27.6. The highest BCUT2D eigenvalue weighted by Crippen LogP contribution is 2.44. The summed E-state index contributed by atoms with van der Waals surface area (Å²) in [6, 6.07) is 0.991. The van der Waals surface area contributed by atoms with Crippen LogP contribution < -0.4 is 14.2 Å². The second-order valence-corrected chi connectivity index (χ2v) is 26.6. The maximum Gasteiger partial charge on any atom is 0.350 e. The molecule has 0 aromatic heterocycles. The van der Waals surface area contributed by atoms with E-state index in [4.69, 9.17) is 42.9 Å². The quantitative estimate of drug-likeness (QED) is 0.0494. The van der Waals surface area contributed by atoms with Crippen LogP contribution in [0.15, 0.2) is 23.3 Å². The lowest BCUT2D eigenvalue weighted by molar-refractivity contribution is 0.0523. The second kappa shape index (κ2) is 22.4. The summed E-state index contributed by atoms with van der Waals surface area (Å²) < 4.78 is 61.3. The predicted molar refractivity (Wildman–Crippen MR) is 233 cm³/mol. The lowest BCUT2D eigenvalue weighted by atomic mass is 9.94. The molecule has 2 aromatic rings. The summed E-state index contributed by atoms with van der Waals surface area (Å²) in [6.45, 7) is 19.5.